The summed E-state index contributed by atoms with van der Waals surface area (Å²) in [7, 11) is 2.01. The number of piperazine rings is 3. The van der Waals surface area contributed by atoms with Gasteiger partial charge < -0.3 is 5.73 Å². The van der Waals surface area contributed by atoms with E-state index < -0.39 is 0 Å². The molecule has 4 heterocycles. The van der Waals surface area contributed by atoms with E-state index in [0.29, 0.717) is 6.04 Å². The summed E-state index contributed by atoms with van der Waals surface area (Å²) < 4.78 is 1.97. The van der Waals surface area contributed by atoms with Crippen LogP contribution in [0, 0.1) is 0 Å². The van der Waals surface area contributed by atoms with E-state index >= 15 is 0 Å². The summed E-state index contributed by atoms with van der Waals surface area (Å²) in [5.41, 5.74) is 8.88. The van der Waals surface area contributed by atoms with Crippen molar-refractivity contribution >= 4 is 10.9 Å². The molecular formula is C16H23N5. The molecule has 0 amide bonds. The standard InChI is InChI=1S/C16H23N5/c1-19-15-5-3-2-4-12(15)14(18-19)10-13(17)16-11-20-6-8-21(16)9-7-20/h2-5,13,16H,6-11,17H2,1H3. The van der Waals surface area contributed by atoms with Crippen LogP contribution in [0.3, 0.4) is 0 Å². The smallest absolute Gasteiger partial charge is 0.0719 e. The molecule has 2 bridgehead atoms. The van der Waals surface area contributed by atoms with Crippen LogP contribution >= 0.6 is 0 Å². The Labute approximate surface area is 125 Å². The Morgan fingerprint density at radius 3 is 2.71 bits per heavy atom. The lowest BCUT2D eigenvalue weighted by Gasteiger charge is -2.49. The minimum atomic E-state index is 0.159. The highest BCUT2D eigenvalue weighted by atomic mass is 15.3. The quantitative estimate of drug-likeness (QED) is 0.889. The van der Waals surface area contributed by atoms with Gasteiger partial charge in [0.1, 0.15) is 0 Å². The predicted octanol–water partition coefficient (Wildman–Crippen LogP) is 0.443. The van der Waals surface area contributed by atoms with E-state index in [1.54, 1.807) is 0 Å². The molecular weight excluding hydrogens is 262 g/mol. The number of rotatable bonds is 3. The number of hydrogen-bond donors (Lipinski definition) is 1. The average Bonchev–Trinajstić information content (AvgIpc) is 2.85. The van der Waals surface area contributed by atoms with Gasteiger partial charge in [-0.15, -0.1) is 0 Å². The maximum Gasteiger partial charge on any atom is 0.0719 e. The van der Waals surface area contributed by atoms with E-state index in [0.717, 1.165) is 18.7 Å². The fourth-order valence-corrected chi connectivity index (χ4v) is 3.86. The summed E-state index contributed by atoms with van der Waals surface area (Å²) in [5, 5.41) is 5.93. The molecule has 2 aromatic rings. The molecule has 1 aromatic heterocycles. The summed E-state index contributed by atoms with van der Waals surface area (Å²) in [5.74, 6) is 0. The van der Waals surface area contributed by atoms with Crippen molar-refractivity contribution in [2.75, 3.05) is 32.7 Å². The molecule has 112 valence electrons. The van der Waals surface area contributed by atoms with Gasteiger partial charge in [0.05, 0.1) is 11.2 Å². The number of para-hydroxylation sites is 1. The lowest BCUT2D eigenvalue weighted by atomic mass is 9.96. The summed E-state index contributed by atoms with van der Waals surface area (Å²) in [6.45, 7) is 5.86. The first kappa shape index (κ1) is 13.2. The maximum absolute atomic E-state index is 6.55. The Morgan fingerprint density at radius 2 is 2.00 bits per heavy atom. The van der Waals surface area contributed by atoms with Crippen LogP contribution in [-0.2, 0) is 13.5 Å². The molecule has 0 spiro atoms. The lowest BCUT2D eigenvalue weighted by molar-refractivity contribution is 0.00249. The van der Waals surface area contributed by atoms with E-state index in [1.807, 2.05) is 11.7 Å². The molecule has 3 aliphatic heterocycles. The van der Waals surface area contributed by atoms with Crippen molar-refractivity contribution in [2.45, 2.75) is 18.5 Å². The largest absolute Gasteiger partial charge is 0.326 e. The van der Waals surface area contributed by atoms with Crippen molar-refractivity contribution < 1.29 is 0 Å². The molecule has 2 unspecified atom stereocenters. The molecule has 3 fully saturated rings. The molecule has 5 rings (SSSR count). The van der Waals surface area contributed by atoms with Crippen molar-refractivity contribution in [2.24, 2.45) is 12.8 Å². The number of benzene rings is 1. The third kappa shape index (κ3) is 2.25. The van der Waals surface area contributed by atoms with E-state index in [-0.39, 0.29) is 6.04 Å². The normalized spacial score (nSPS) is 29.9. The van der Waals surface area contributed by atoms with Crippen molar-refractivity contribution in [1.29, 1.82) is 0 Å². The van der Waals surface area contributed by atoms with Gasteiger partial charge in [0.2, 0.25) is 0 Å². The topological polar surface area (TPSA) is 50.3 Å². The van der Waals surface area contributed by atoms with E-state index in [9.17, 15) is 0 Å². The third-order valence-corrected chi connectivity index (χ3v) is 5.08. The van der Waals surface area contributed by atoms with Crippen LogP contribution in [0.5, 0.6) is 0 Å². The summed E-state index contributed by atoms with van der Waals surface area (Å²) in [6.07, 6.45) is 0.858. The Balaban J connectivity index is 1.57. The Bertz CT molecular complexity index is 641. The molecule has 2 N–H and O–H groups in total. The minimum absolute atomic E-state index is 0.159. The third-order valence-electron chi connectivity index (χ3n) is 5.08. The van der Waals surface area contributed by atoms with Gasteiger partial charge >= 0.3 is 0 Å². The molecule has 21 heavy (non-hydrogen) atoms. The van der Waals surface area contributed by atoms with Gasteiger partial charge in [-0.25, -0.2) is 0 Å². The molecule has 2 atom stereocenters. The van der Waals surface area contributed by atoms with E-state index in [2.05, 4.69) is 34.1 Å². The van der Waals surface area contributed by atoms with Crippen LogP contribution < -0.4 is 5.73 Å². The fraction of sp³-hybridized carbons (Fsp3) is 0.562. The maximum atomic E-state index is 6.55. The highest BCUT2D eigenvalue weighted by Gasteiger charge is 2.35. The fourth-order valence-electron chi connectivity index (χ4n) is 3.86. The van der Waals surface area contributed by atoms with E-state index in [4.69, 9.17) is 10.8 Å². The molecule has 0 radical (unpaired) electrons. The van der Waals surface area contributed by atoms with E-state index in [1.165, 1.54) is 37.1 Å². The molecule has 1 aromatic carbocycles. The first-order valence-electron chi connectivity index (χ1n) is 7.85. The molecule has 3 aliphatic rings. The second-order valence-corrected chi connectivity index (χ2v) is 6.36. The molecule has 3 saturated heterocycles. The summed E-state index contributed by atoms with van der Waals surface area (Å²) in [6, 6.07) is 9.06. The molecule has 5 heteroatoms. The monoisotopic (exact) mass is 285 g/mol. The number of aryl methyl sites for hydroxylation is 1. The predicted molar refractivity (Wildman–Crippen MR) is 84.2 cm³/mol. The zero-order valence-electron chi connectivity index (χ0n) is 12.6. The highest BCUT2D eigenvalue weighted by Crippen LogP contribution is 2.22. The van der Waals surface area contributed by atoms with Crippen molar-refractivity contribution in [3.8, 4) is 0 Å². The summed E-state index contributed by atoms with van der Waals surface area (Å²) >= 11 is 0. The van der Waals surface area contributed by atoms with Gasteiger partial charge in [-0.1, -0.05) is 18.2 Å². The Hall–Kier alpha value is -1.43. The number of fused-ring (bicyclic) bond motifs is 4. The number of aromatic nitrogens is 2. The number of nitrogens with two attached hydrogens (primary N) is 1. The van der Waals surface area contributed by atoms with Crippen LogP contribution in [0.25, 0.3) is 10.9 Å². The Morgan fingerprint density at radius 1 is 1.24 bits per heavy atom. The SMILES string of the molecule is Cn1nc(CC(N)C2CN3CCN2CC3)c2ccccc21. The van der Waals surface area contributed by atoms with Gasteiger partial charge in [-0.2, -0.15) is 5.10 Å². The van der Waals surface area contributed by atoms with Crippen LogP contribution in [0.1, 0.15) is 5.69 Å². The van der Waals surface area contributed by atoms with Crippen LogP contribution in [0.15, 0.2) is 24.3 Å². The highest BCUT2D eigenvalue weighted by molar-refractivity contribution is 5.81. The first-order valence-corrected chi connectivity index (χ1v) is 7.85. The average molecular weight is 285 g/mol. The molecule has 0 saturated carbocycles. The summed E-state index contributed by atoms with van der Waals surface area (Å²) in [4.78, 5) is 5.11. The van der Waals surface area contributed by atoms with Gasteiger partial charge in [-0.05, 0) is 6.07 Å². The second kappa shape index (κ2) is 5.09. The van der Waals surface area contributed by atoms with Gasteiger partial charge in [0, 0.05) is 63.7 Å². The van der Waals surface area contributed by atoms with Crippen LogP contribution in [-0.4, -0.2) is 64.4 Å². The van der Waals surface area contributed by atoms with Gasteiger partial charge in [-0.3, -0.25) is 14.5 Å². The Kier molecular flexibility index (Phi) is 3.21. The first-order chi connectivity index (χ1) is 10.2. The lowest BCUT2D eigenvalue weighted by Crippen LogP contribution is -2.66. The molecule has 5 nitrogen and oxygen atoms in total. The number of nitrogens with zero attached hydrogens (tertiary/aromatic N) is 4. The van der Waals surface area contributed by atoms with Crippen molar-refractivity contribution in [3.63, 3.8) is 0 Å². The second-order valence-electron chi connectivity index (χ2n) is 6.36. The van der Waals surface area contributed by atoms with Gasteiger partial charge in [0.25, 0.3) is 0 Å². The zero-order valence-corrected chi connectivity index (χ0v) is 12.6. The molecule has 0 aliphatic carbocycles. The minimum Gasteiger partial charge on any atom is -0.326 e. The van der Waals surface area contributed by atoms with Crippen LogP contribution in [0.4, 0.5) is 0 Å². The van der Waals surface area contributed by atoms with Gasteiger partial charge in [0.15, 0.2) is 0 Å². The van der Waals surface area contributed by atoms with Crippen LogP contribution in [0.2, 0.25) is 0 Å². The van der Waals surface area contributed by atoms with Crippen molar-refractivity contribution in [1.82, 2.24) is 19.6 Å². The zero-order chi connectivity index (χ0) is 14.4. The number of hydrogen-bond acceptors (Lipinski definition) is 4. The van der Waals surface area contributed by atoms with Crippen molar-refractivity contribution in [3.05, 3.63) is 30.0 Å².